The summed E-state index contributed by atoms with van der Waals surface area (Å²) in [6, 6.07) is 10.5. The minimum atomic E-state index is -0.324. The van der Waals surface area contributed by atoms with Gasteiger partial charge in [-0.05, 0) is 24.9 Å². The van der Waals surface area contributed by atoms with Crippen LogP contribution in [0.3, 0.4) is 0 Å². The lowest BCUT2D eigenvalue weighted by molar-refractivity contribution is -0.0730. The van der Waals surface area contributed by atoms with Crippen molar-refractivity contribution in [2.75, 3.05) is 26.3 Å². The van der Waals surface area contributed by atoms with Gasteiger partial charge in [0.15, 0.2) is 0 Å². The van der Waals surface area contributed by atoms with Crippen molar-refractivity contribution in [3.8, 4) is 0 Å². The van der Waals surface area contributed by atoms with Crippen LogP contribution >= 0.6 is 0 Å². The van der Waals surface area contributed by atoms with Crippen LogP contribution in [0.2, 0.25) is 0 Å². The number of hydrogen-bond acceptors (Lipinski definition) is 4. The molecular weight excluding hydrogens is 268 g/mol. The van der Waals surface area contributed by atoms with Gasteiger partial charge in [0.1, 0.15) is 6.61 Å². The van der Waals surface area contributed by atoms with Gasteiger partial charge in [-0.25, -0.2) is 4.79 Å². The van der Waals surface area contributed by atoms with Gasteiger partial charge >= 0.3 is 6.09 Å². The summed E-state index contributed by atoms with van der Waals surface area (Å²) in [4.78, 5) is 14.3. The van der Waals surface area contributed by atoms with Gasteiger partial charge in [-0.3, -0.25) is 4.90 Å². The Balaban J connectivity index is 1.41. The molecule has 1 N–H and O–H groups in total. The highest BCUT2D eigenvalue weighted by Gasteiger charge is 2.30. The molecular formula is C16H22N2O3. The van der Waals surface area contributed by atoms with Crippen LogP contribution in [0.5, 0.6) is 0 Å². The van der Waals surface area contributed by atoms with E-state index in [0.717, 1.165) is 44.7 Å². The topological polar surface area (TPSA) is 50.8 Å². The molecule has 1 amide bonds. The summed E-state index contributed by atoms with van der Waals surface area (Å²) in [5, 5.41) is 2.98. The standard InChI is InChI=1S/C16H22N2O3/c19-16(21-10-13-5-2-1-3-6-13)17-14-7-4-8-18(9-14)15-11-20-12-15/h1-3,5-6,14-15H,4,7-12H2,(H,17,19)/t14-/m1/s1. The first-order valence-corrected chi connectivity index (χ1v) is 7.60. The van der Waals surface area contributed by atoms with Crippen molar-refractivity contribution in [3.05, 3.63) is 35.9 Å². The van der Waals surface area contributed by atoms with E-state index in [0.29, 0.717) is 12.6 Å². The number of benzene rings is 1. The molecule has 2 saturated heterocycles. The van der Waals surface area contributed by atoms with Gasteiger partial charge in [0.2, 0.25) is 0 Å². The van der Waals surface area contributed by atoms with Crippen molar-refractivity contribution >= 4 is 6.09 Å². The van der Waals surface area contributed by atoms with Gasteiger partial charge < -0.3 is 14.8 Å². The van der Waals surface area contributed by atoms with Crippen LogP contribution < -0.4 is 5.32 Å². The molecule has 5 nitrogen and oxygen atoms in total. The quantitative estimate of drug-likeness (QED) is 0.918. The fraction of sp³-hybridized carbons (Fsp3) is 0.562. The van der Waals surface area contributed by atoms with Crippen LogP contribution in [0.1, 0.15) is 18.4 Å². The van der Waals surface area contributed by atoms with Crippen molar-refractivity contribution in [2.24, 2.45) is 0 Å². The normalized spacial score (nSPS) is 23.3. The monoisotopic (exact) mass is 290 g/mol. The fourth-order valence-corrected chi connectivity index (χ4v) is 2.82. The summed E-state index contributed by atoms with van der Waals surface area (Å²) in [5.41, 5.74) is 1.00. The van der Waals surface area contributed by atoms with E-state index in [-0.39, 0.29) is 12.1 Å². The molecule has 3 rings (SSSR count). The molecule has 2 fully saturated rings. The number of alkyl carbamates (subject to hydrolysis) is 1. The van der Waals surface area contributed by atoms with Crippen LogP contribution in [0.4, 0.5) is 4.79 Å². The lowest BCUT2D eigenvalue weighted by Crippen LogP contribution is -2.56. The van der Waals surface area contributed by atoms with E-state index in [1.54, 1.807) is 0 Å². The number of carbonyl (C=O) groups is 1. The summed E-state index contributed by atoms with van der Waals surface area (Å²) in [6.07, 6.45) is 1.81. The highest BCUT2D eigenvalue weighted by Crippen LogP contribution is 2.17. The van der Waals surface area contributed by atoms with Crippen LogP contribution in [0, 0.1) is 0 Å². The van der Waals surface area contributed by atoms with E-state index in [1.807, 2.05) is 30.3 Å². The van der Waals surface area contributed by atoms with Crippen molar-refractivity contribution in [2.45, 2.75) is 31.5 Å². The number of carbonyl (C=O) groups excluding carboxylic acids is 1. The molecule has 1 aromatic carbocycles. The second-order valence-electron chi connectivity index (χ2n) is 5.73. The third-order valence-corrected chi connectivity index (χ3v) is 4.12. The zero-order chi connectivity index (χ0) is 14.5. The van der Waals surface area contributed by atoms with E-state index in [9.17, 15) is 4.79 Å². The molecule has 0 aliphatic carbocycles. The molecule has 2 aliphatic rings. The van der Waals surface area contributed by atoms with Crippen LogP contribution in [-0.2, 0) is 16.1 Å². The second-order valence-corrected chi connectivity index (χ2v) is 5.73. The van der Waals surface area contributed by atoms with Crippen molar-refractivity contribution < 1.29 is 14.3 Å². The highest BCUT2D eigenvalue weighted by molar-refractivity contribution is 5.67. The maximum atomic E-state index is 11.9. The van der Waals surface area contributed by atoms with Gasteiger partial charge in [0.05, 0.1) is 19.3 Å². The SMILES string of the molecule is O=C(N[C@@H]1CCCN(C2COC2)C1)OCc1ccccc1. The molecule has 21 heavy (non-hydrogen) atoms. The van der Waals surface area contributed by atoms with E-state index in [4.69, 9.17) is 9.47 Å². The van der Waals surface area contributed by atoms with Gasteiger partial charge in [-0.15, -0.1) is 0 Å². The zero-order valence-electron chi connectivity index (χ0n) is 12.2. The zero-order valence-corrected chi connectivity index (χ0v) is 12.2. The number of nitrogens with zero attached hydrogens (tertiary/aromatic N) is 1. The second kappa shape index (κ2) is 6.91. The number of likely N-dealkylation sites (tertiary alicyclic amines) is 1. The summed E-state index contributed by atoms with van der Waals surface area (Å²) < 4.78 is 10.5. The molecule has 0 saturated carbocycles. The summed E-state index contributed by atoms with van der Waals surface area (Å²) in [6.45, 7) is 3.97. The summed E-state index contributed by atoms with van der Waals surface area (Å²) >= 11 is 0. The Morgan fingerprint density at radius 2 is 2.14 bits per heavy atom. The molecule has 0 unspecified atom stereocenters. The van der Waals surface area contributed by atoms with Crippen LogP contribution in [-0.4, -0.2) is 49.4 Å². The first-order valence-electron chi connectivity index (χ1n) is 7.60. The molecule has 0 bridgehead atoms. The Morgan fingerprint density at radius 1 is 1.33 bits per heavy atom. The number of nitrogens with one attached hydrogen (secondary N) is 1. The molecule has 0 aromatic heterocycles. The molecule has 2 aliphatic heterocycles. The van der Waals surface area contributed by atoms with Gasteiger partial charge in [-0.1, -0.05) is 30.3 Å². The third kappa shape index (κ3) is 3.95. The molecule has 1 atom stereocenters. The summed E-state index contributed by atoms with van der Waals surface area (Å²) in [7, 11) is 0. The Hall–Kier alpha value is -1.59. The predicted molar refractivity (Wildman–Crippen MR) is 79.0 cm³/mol. The molecule has 1 aromatic rings. The molecule has 0 spiro atoms. The molecule has 5 heteroatoms. The Morgan fingerprint density at radius 3 is 2.86 bits per heavy atom. The highest BCUT2D eigenvalue weighted by atomic mass is 16.5. The van der Waals surface area contributed by atoms with E-state index < -0.39 is 0 Å². The third-order valence-electron chi connectivity index (χ3n) is 4.12. The predicted octanol–water partition coefficient (Wildman–Crippen LogP) is 1.78. The number of hydrogen-bond donors (Lipinski definition) is 1. The fourth-order valence-electron chi connectivity index (χ4n) is 2.82. The Kier molecular flexibility index (Phi) is 4.72. The van der Waals surface area contributed by atoms with Crippen molar-refractivity contribution in [1.29, 1.82) is 0 Å². The maximum absolute atomic E-state index is 11.9. The molecule has 114 valence electrons. The average molecular weight is 290 g/mol. The molecule has 0 radical (unpaired) electrons. The van der Waals surface area contributed by atoms with Gasteiger partial charge in [0, 0.05) is 12.6 Å². The van der Waals surface area contributed by atoms with Crippen molar-refractivity contribution in [1.82, 2.24) is 10.2 Å². The number of rotatable bonds is 4. The lowest BCUT2D eigenvalue weighted by atomic mass is 10.0. The summed E-state index contributed by atoms with van der Waals surface area (Å²) in [5.74, 6) is 0. The largest absolute Gasteiger partial charge is 0.445 e. The van der Waals surface area contributed by atoms with E-state index in [2.05, 4.69) is 10.2 Å². The van der Waals surface area contributed by atoms with E-state index in [1.165, 1.54) is 0 Å². The molecule has 2 heterocycles. The lowest BCUT2D eigenvalue weighted by Gasteiger charge is -2.42. The van der Waals surface area contributed by atoms with Gasteiger partial charge in [0.25, 0.3) is 0 Å². The smallest absolute Gasteiger partial charge is 0.407 e. The first kappa shape index (κ1) is 14.4. The maximum Gasteiger partial charge on any atom is 0.407 e. The average Bonchev–Trinajstić information content (AvgIpc) is 2.45. The Bertz CT molecular complexity index is 462. The Labute approximate surface area is 125 Å². The number of amides is 1. The number of piperidine rings is 1. The van der Waals surface area contributed by atoms with Crippen molar-refractivity contribution in [3.63, 3.8) is 0 Å². The van der Waals surface area contributed by atoms with Crippen LogP contribution in [0.25, 0.3) is 0 Å². The van der Waals surface area contributed by atoms with Gasteiger partial charge in [-0.2, -0.15) is 0 Å². The minimum Gasteiger partial charge on any atom is -0.445 e. The number of ether oxygens (including phenoxy) is 2. The van der Waals surface area contributed by atoms with Crippen LogP contribution in [0.15, 0.2) is 30.3 Å². The first-order chi connectivity index (χ1) is 10.3. The minimum absolute atomic E-state index is 0.183. The van der Waals surface area contributed by atoms with E-state index >= 15 is 0 Å².